The van der Waals surface area contributed by atoms with Crippen molar-refractivity contribution in [2.75, 3.05) is 11.3 Å². The molecular weight excluding hydrogens is 348 g/mol. The molecule has 1 N–H and O–H groups in total. The number of ether oxygens (including phenoxy) is 1. The quantitative estimate of drug-likeness (QED) is 0.742. The number of halogens is 1. The number of fused-ring (bicyclic) bond motifs is 1. The van der Waals surface area contributed by atoms with Gasteiger partial charge in [0.2, 0.25) is 0 Å². The number of benzene rings is 2. The molecule has 7 heteroatoms. The molecule has 0 aliphatic heterocycles. The molecule has 5 nitrogen and oxygen atoms in total. The lowest BCUT2D eigenvalue weighted by molar-refractivity contribution is 0.343. The van der Waals surface area contributed by atoms with Crippen molar-refractivity contribution in [1.29, 1.82) is 0 Å². The van der Waals surface area contributed by atoms with Crippen LogP contribution in [0, 0.1) is 0 Å². The Morgan fingerprint density at radius 2 is 1.88 bits per heavy atom. The molecule has 0 spiro atoms. The summed E-state index contributed by atoms with van der Waals surface area (Å²) in [7, 11) is -3.77. The maximum absolute atomic E-state index is 12.8. The van der Waals surface area contributed by atoms with Crippen molar-refractivity contribution in [2.45, 2.75) is 11.8 Å². The van der Waals surface area contributed by atoms with Crippen molar-refractivity contribution < 1.29 is 13.2 Å². The van der Waals surface area contributed by atoms with Gasteiger partial charge in [0, 0.05) is 22.3 Å². The molecule has 0 aliphatic carbocycles. The third kappa shape index (κ3) is 3.29. The van der Waals surface area contributed by atoms with Crippen LogP contribution in [0.3, 0.4) is 0 Å². The molecule has 3 aromatic rings. The van der Waals surface area contributed by atoms with Gasteiger partial charge in [0.05, 0.1) is 11.5 Å². The minimum atomic E-state index is -3.77. The van der Waals surface area contributed by atoms with E-state index in [4.69, 9.17) is 16.3 Å². The molecule has 0 unspecified atom stereocenters. The third-order valence-electron chi connectivity index (χ3n) is 3.38. The largest absolute Gasteiger partial charge is 0.492 e. The molecule has 2 aromatic carbocycles. The van der Waals surface area contributed by atoms with Crippen LogP contribution in [0.1, 0.15) is 6.92 Å². The van der Waals surface area contributed by atoms with E-state index in [2.05, 4.69) is 9.71 Å². The standard InChI is InChI=1S/C17H15ClN2O3S/c1-2-23-15-9-10-16(14-4-3-11-19-17(14)15)24(21,22)20-13-7-5-12(18)6-8-13/h3-11,20H,2H2,1H3. The highest BCUT2D eigenvalue weighted by molar-refractivity contribution is 7.93. The predicted octanol–water partition coefficient (Wildman–Crippen LogP) is 4.09. The number of rotatable bonds is 5. The summed E-state index contributed by atoms with van der Waals surface area (Å²) in [4.78, 5) is 4.40. The van der Waals surface area contributed by atoms with Crippen molar-refractivity contribution in [3.63, 3.8) is 0 Å². The molecule has 0 amide bonds. The maximum Gasteiger partial charge on any atom is 0.262 e. The van der Waals surface area contributed by atoms with Crippen LogP contribution in [0.4, 0.5) is 5.69 Å². The van der Waals surface area contributed by atoms with Crippen molar-refractivity contribution in [3.05, 3.63) is 59.8 Å². The third-order valence-corrected chi connectivity index (χ3v) is 5.07. The Labute approximate surface area is 145 Å². The number of nitrogens with one attached hydrogen (secondary N) is 1. The first-order chi connectivity index (χ1) is 11.5. The number of pyridine rings is 1. The number of nitrogens with zero attached hydrogens (tertiary/aromatic N) is 1. The summed E-state index contributed by atoms with van der Waals surface area (Å²) >= 11 is 5.83. The summed E-state index contributed by atoms with van der Waals surface area (Å²) in [5.74, 6) is 0.554. The van der Waals surface area contributed by atoms with E-state index < -0.39 is 10.0 Å². The Balaban J connectivity index is 2.08. The second-order valence-corrected chi connectivity index (χ2v) is 7.09. The fourth-order valence-electron chi connectivity index (χ4n) is 2.35. The summed E-state index contributed by atoms with van der Waals surface area (Å²) in [5, 5.41) is 1.04. The predicted molar refractivity (Wildman–Crippen MR) is 95.2 cm³/mol. The monoisotopic (exact) mass is 362 g/mol. The van der Waals surface area contributed by atoms with E-state index in [1.165, 1.54) is 6.07 Å². The normalized spacial score (nSPS) is 11.4. The lowest BCUT2D eigenvalue weighted by Gasteiger charge is -2.13. The van der Waals surface area contributed by atoms with Gasteiger partial charge in [0.15, 0.2) is 0 Å². The summed E-state index contributed by atoms with van der Waals surface area (Å²) in [5.41, 5.74) is 0.948. The molecule has 3 rings (SSSR count). The van der Waals surface area contributed by atoms with Gasteiger partial charge in [0.1, 0.15) is 11.3 Å². The van der Waals surface area contributed by atoms with E-state index in [0.29, 0.717) is 34.0 Å². The summed E-state index contributed by atoms with van der Waals surface area (Å²) < 4.78 is 33.6. The molecule has 0 bridgehead atoms. The van der Waals surface area contributed by atoms with Crippen LogP contribution in [0.5, 0.6) is 5.75 Å². The summed E-state index contributed by atoms with van der Waals surface area (Å²) in [6.45, 7) is 2.34. The lowest BCUT2D eigenvalue weighted by Crippen LogP contribution is -2.13. The second-order valence-electron chi connectivity index (χ2n) is 5.01. The fraction of sp³-hybridized carbons (Fsp3) is 0.118. The van der Waals surface area contributed by atoms with E-state index in [1.807, 2.05) is 6.92 Å². The zero-order valence-corrected chi connectivity index (χ0v) is 14.4. The average Bonchev–Trinajstić information content (AvgIpc) is 2.57. The van der Waals surface area contributed by atoms with Crippen LogP contribution in [-0.2, 0) is 10.0 Å². The van der Waals surface area contributed by atoms with E-state index in [-0.39, 0.29) is 4.90 Å². The smallest absolute Gasteiger partial charge is 0.262 e. The van der Waals surface area contributed by atoms with E-state index >= 15 is 0 Å². The topological polar surface area (TPSA) is 68.3 Å². The van der Waals surface area contributed by atoms with Crippen LogP contribution >= 0.6 is 11.6 Å². The van der Waals surface area contributed by atoms with Gasteiger partial charge in [-0.1, -0.05) is 11.6 Å². The minimum Gasteiger partial charge on any atom is -0.492 e. The summed E-state index contributed by atoms with van der Waals surface area (Å²) in [6.07, 6.45) is 1.61. The molecule has 124 valence electrons. The van der Waals surface area contributed by atoms with E-state index in [1.54, 1.807) is 48.7 Å². The van der Waals surface area contributed by atoms with Crippen molar-refractivity contribution in [2.24, 2.45) is 0 Å². The highest BCUT2D eigenvalue weighted by atomic mass is 35.5. The molecule has 1 heterocycles. The van der Waals surface area contributed by atoms with E-state index in [0.717, 1.165) is 0 Å². The fourth-order valence-corrected chi connectivity index (χ4v) is 3.74. The first-order valence-corrected chi connectivity index (χ1v) is 9.16. The molecule has 1 aromatic heterocycles. The van der Waals surface area contributed by atoms with Gasteiger partial charge in [-0.05, 0) is 55.5 Å². The maximum atomic E-state index is 12.8. The number of aromatic nitrogens is 1. The SMILES string of the molecule is CCOc1ccc(S(=O)(=O)Nc2ccc(Cl)cc2)c2cccnc12. The van der Waals surface area contributed by atoms with Crippen LogP contribution in [0.25, 0.3) is 10.9 Å². The van der Waals surface area contributed by atoms with Crippen LogP contribution in [-0.4, -0.2) is 20.0 Å². The molecular formula is C17H15ClN2O3S. The number of sulfonamides is 1. The Bertz CT molecular complexity index is 973. The highest BCUT2D eigenvalue weighted by Gasteiger charge is 2.19. The number of anilines is 1. The molecule has 24 heavy (non-hydrogen) atoms. The second kappa shape index (κ2) is 6.67. The van der Waals surface area contributed by atoms with Gasteiger partial charge >= 0.3 is 0 Å². The Morgan fingerprint density at radius 1 is 1.12 bits per heavy atom. The molecule has 0 saturated heterocycles. The molecule has 0 radical (unpaired) electrons. The molecule has 0 fully saturated rings. The van der Waals surface area contributed by atoms with Gasteiger partial charge in [-0.25, -0.2) is 8.42 Å². The van der Waals surface area contributed by atoms with Gasteiger partial charge in [-0.15, -0.1) is 0 Å². The first-order valence-electron chi connectivity index (χ1n) is 7.30. The Hall–Kier alpha value is -2.31. The summed E-state index contributed by atoms with van der Waals surface area (Å²) in [6, 6.07) is 13.0. The van der Waals surface area contributed by atoms with Crippen molar-refractivity contribution in [1.82, 2.24) is 4.98 Å². The zero-order chi connectivity index (χ0) is 17.2. The lowest BCUT2D eigenvalue weighted by atomic mass is 10.2. The van der Waals surface area contributed by atoms with Crippen LogP contribution in [0.2, 0.25) is 5.02 Å². The molecule has 0 aliphatic rings. The zero-order valence-electron chi connectivity index (χ0n) is 12.9. The Kier molecular flexibility index (Phi) is 4.59. The number of hydrogen-bond acceptors (Lipinski definition) is 4. The van der Waals surface area contributed by atoms with Gasteiger partial charge in [-0.2, -0.15) is 0 Å². The van der Waals surface area contributed by atoms with Gasteiger partial charge in [-0.3, -0.25) is 9.71 Å². The number of hydrogen-bond donors (Lipinski definition) is 1. The first kappa shape index (κ1) is 16.5. The molecule has 0 saturated carbocycles. The van der Waals surface area contributed by atoms with Crippen LogP contribution in [0.15, 0.2) is 59.6 Å². The van der Waals surface area contributed by atoms with Crippen molar-refractivity contribution >= 4 is 38.2 Å². The van der Waals surface area contributed by atoms with E-state index in [9.17, 15) is 8.42 Å². The van der Waals surface area contributed by atoms with Crippen molar-refractivity contribution in [3.8, 4) is 5.75 Å². The molecule has 0 atom stereocenters. The highest BCUT2D eigenvalue weighted by Crippen LogP contribution is 2.30. The average molecular weight is 363 g/mol. The van der Waals surface area contributed by atoms with Crippen LogP contribution < -0.4 is 9.46 Å². The van der Waals surface area contributed by atoms with Gasteiger partial charge < -0.3 is 4.74 Å². The minimum absolute atomic E-state index is 0.143. The van der Waals surface area contributed by atoms with Gasteiger partial charge in [0.25, 0.3) is 10.0 Å². The Morgan fingerprint density at radius 3 is 2.58 bits per heavy atom.